The first kappa shape index (κ1) is 9.51. The van der Waals surface area contributed by atoms with Gasteiger partial charge in [-0.3, -0.25) is 5.32 Å². The SMILES string of the molecule is CCc1nn2ccccc2c1NC(=O)O. The van der Waals surface area contributed by atoms with E-state index in [0.29, 0.717) is 12.1 Å². The summed E-state index contributed by atoms with van der Waals surface area (Å²) in [6.07, 6.45) is 1.42. The highest BCUT2D eigenvalue weighted by atomic mass is 16.4. The standard InChI is InChI=1S/C10H11N3O2/c1-2-7-9(11-10(14)15)8-5-3-4-6-13(8)12-7/h3-6,11H,2H2,1H3,(H,14,15). The van der Waals surface area contributed by atoms with Crippen LogP contribution < -0.4 is 5.32 Å². The molecule has 0 aliphatic heterocycles. The number of amides is 1. The third-order valence-electron chi connectivity index (χ3n) is 2.18. The Morgan fingerprint density at radius 3 is 3.07 bits per heavy atom. The molecule has 0 saturated heterocycles. The van der Waals surface area contributed by atoms with Crippen LogP contribution >= 0.6 is 0 Å². The summed E-state index contributed by atoms with van der Waals surface area (Å²) in [5.41, 5.74) is 2.10. The van der Waals surface area contributed by atoms with Crippen LogP contribution in [0.15, 0.2) is 24.4 Å². The van der Waals surface area contributed by atoms with E-state index in [9.17, 15) is 4.79 Å². The molecule has 15 heavy (non-hydrogen) atoms. The molecule has 5 nitrogen and oxygen atoms in total. The number of pyridine rings is 1. The fraction of sp³-hybridized carbons (Fsp3) is 0.200. The minimum absolute atomic E-state index is 0.575. The van der Waals surface area contributed by atoms with E-state index in [2.05, 4.69) is 10.4 Å². The average molecular weight is 205 g/mol. The van der Waals surface area contributed by atoms with Gasteiger partial charge in [-0.05, 0) is 18.6 Å². The number of aromatic nitrogens is 2. The van der Waals surface area contributed by atoms with Crippen molar-refractivity contribution in [3.8, 4) is 0 Å². The van der Waals surface area contributed by atoms with E-state index in [1.807, 2.05) is 25.1 Å². The normalized spacial score (nSPS) is 10.5. The van der Waals surface area contributed by atoms with Crippen molar-refractivity contribution in [2.75, 3.05) is 5.32 Å². The molecule has 0 aliphatic carbocycles. The van der Waals surface area contributed by atoms with Gasteiger partial charge in [0.15, 0.2) is 0 Å². The van der Waals surface area contributed by atoms with E-state index in [4.69, 9.17) is 5.11 Å². The van der Waals surface area contributed by atoms with E-state index < -0.39 is 6.09 Å². The van der Waals surface area contributed by atoms with Crippen LogP contribution in [-0.2, 0) is 6.42 Å². The zero-order valence-electron chi connectivity index (χ0n) is 8.27. The Kier molecular flexibility index (Phi) is 2.29. The van der Waals surface area contributed by atoms with Crippen LogP contribution in [0.2, 0.25) is 0 Å². The predicted molar refractivity (Wildman–Crippen MR) is 56.2 cm³/mol. The highest BCUT2D eigenvalue weighted by Gasteiger charge is 2.12. The molecular formula is C10H11N3O2. The molecule has 0 spiro atoms. The van der Waals surface area contributed by atoms with Gasteiger partial charge in [-0.2, -0.15) is 5.10 Å². The lowest BCUT2D eigenvalue weighted by molar-refractivity contribution is 0.210. The topological polar surface area (TPSA) is 66.6 Å². The smallest absolute Gasteiger partial charge is 0.409 e. The van der Waals surface area contributed by atoms with E-state index >= 15 is 0 Å². The number of aryl methyl sites for hydroxylation is 1. The maximum Gasteiger partial charge on any atom is 0.409 e. The van der Waals surface area contributed by atoms with Crippen molar-refractivity contribution in [1.29, 1.82) is 0 Å². The maximum absolute atomic E-state index is 10.6. The van der Waals surface area contributed by atoms with Gasteiger partial charge in [0.2, 0.25) is 0 Å². The predicted octanol–water partition coefficient (Wildman–Crippen LogP) is 1.99. The lowest BCUT2D eigenvalue weighted by atomic mass is 10.2. The quantitative estimate of drug-likeness (QED) is 0.787. The number of fused-ring (bicyclic) bond motifs is 1. The fourth-order valence-electron chi connectivity index (χ4n) is 1.54. The Labute approximate surface area is 86.3 Å². The average Bonchev–Trinajstić information content (AvgIpc) is 2.56. The van der Waals surface area contributed by atoms with Gasteiger partial charge in [0, 0.05) is 6.20 Å². The first-order valence-electron chi connectivity index (χ1n) is 4.68. The lowest BCUT2D eigenvalue weighted by Gasteiger charge is -1.99. The van der Waals surface area contributed by atoms with Crippen LogP contribution in [0, 0.1) is 0 Å². The van der Waals surface area contributed by atoms with Crippen LogP contribution in [0.1, 0.15) is 12.6 Å². The number of rotatable bonds is 2. The molecule has 2 N–H and O–H groups in total. The van der Waals surface area contributed by atoms with Crippen LogP contribution in [0.3, 0.4) is 0 Å². The van der Waals surface area contributed by atoms with E-state index in [1.165, 1.54) is 0 Å². The third-order valence-corrected chi connectivity index (χ3v) is 2.18. The molecule has 2 aromatic rings. The van der Waals surface area contributed by atoms with Crippen molar-refractivity contribution in [3.63, 3.8) is 0 Å². The molecule has 0 aromatic carbocycles. The monoisotopic (exact) mass is 205 g/mol. The highest BCUT2D eigenvalue weighted by molar-refractivity contribution is 5.90. The number of anilines is 1. The van der Waals surface area contributed by atoms with Crippen molar-refractivity contribution in [2.45, 2.75) is 13.3 Å². The lowest BCUT2D eigenvalue weighted by Crippen LogP contribution is -2.08. The summed E-state index contributed by atoms with van der Waals surface area (Å²) in [5, 5.41) is 15.4. The number of carbonyl (C=O) groups is 1. The Morgan fingerprint density at radius 1 is 1.60 bits per heavy atom. The first-order chi connectivity index (χ1) is 7.22. The van der Waals surface area contributed by atoms with Gasteiger partial charge in [0.05, 0.1) is 16.9 Å². The van der Waals surface area contributed by atoms with Crippen molar-refractivity contribution in [2.24, 2.45) is 0 Å². The number of nitrogens with zero attached hydrogens (tertiary/aromatic N) is 2. The molecule has 0 radical (unpaired) electrons. The highest BCUT2D eigenvalue weighted by Crippen LogP contribution is 2.21. The van der Waals surface area contributed by atoms with Gasteiger partial charge in [-0.15, -0.1) is 0 Å². The second kappa shape index (κ2) is 3.61. The Morgan fingerprint density at radius 2 is 2.40 bits per heavy atom. The van der Waals surface area contributed by atoms with Gasteiger partial charge < -0.3 is 5.11 Å². The second-order valence-electron chi connectivity index (χ2n) is 3.14. The molecule has 2 heterocycles. The summed E-state index contributed by atoms with van der Waals surface area (Å²) in [6.45, 7) is 1.94. The number of hydrogen-bond donors (Lipinski definition) is 2. The fourth-order valence-corrected chi connectivity index (χ4v) is 1.54. The van der Waals surface area contributed by atoms with Crippen LogP contribution in [0.4, 0.5) is 10.5 Å². The summed E-state index contributed by atoms with van der Waals surface area (Å²) in [5.74, 6) is 0. The molecule has 1 amide bonds. The second-order valence-corrected chi connectivity index (χ2v) is 3.14. The maximum atomic E-state index is 10.6. The van der Waals surface area contributed by atoms with Crippen LogP contribution in [0.5, 0.6) is 0 Å². The van der Waals surface area contributed by atoms with E-state index in [0.717, 1.165) is 11.2 Å². The molecular weight excluding hydrogens is 194 g/mol. The molecule has 0 bridgehead atoms. The van der Waals surface area contributed by atoms with E-state index in [1.54, 1.807) is 10.7 Å². The molecule has 0 unspecified atom stereocenters. The van der Waals surface area contributed by atoms with Gasteiger partial charge in [-0.25, -0.2) is 9.31 Å². The summed E-state index contributed by atoms with van der Waals surface area (Å²) < 4.78 is 1.67. The zero-order chi connectivity index (χ0) is 10.8. The Balaban J connectivity index is 2.61. The molecule has 5 heteroatoms. The molecule has 78 valence electrons. The molecule has 0 atom stereocenters. The van der Waals surface area contributed by atoms with Crippen molar-refractivity contribution in [3.05, 3.63) is 30.1 Å². The van der Waals surface area contributed by atoms with Crippen molar-refractivity contribution < 1.29 is 9.90 Å². The minimum Gasteiger partial charge on any atom is -0.465 e. The minimum atomic E-state index is -1.07. The summed E-state index contributed by atoms with van der Waals surface area (Å²) >= 11 is 0. The molecule has 0 saturated carbocycles. The molecule has 0 aliphatic rings. The van der Waals surface area contributed by atoms with Gasteiger partial charge in [0.25, 0.3) is 0 Å². The van der Waals surface area contributed by atoms with Gasteiger partial charge in [-0.1, -0.05) is 13.0 Å². The van der Waals surface area contributed by atoms with Crippen molar-refractivity contribution >= 4 is 17.3 Å². The third kappa shape index (κ3) is 1.63. The Hall–Kier alpha value is -2.04. The summed E-state index contributed by atoms with van der Waals surface area (Å²) in [7, 11) is 0. The molecule has 2 rings (SSSR count). The first-order valence-corrected chi connectivity index (χ1v) is 4.68. The number of nitrogens with one attached hydrogen (secondary N) is 1. The van der Waals surface area contributed by atoms with Crippen molar-refractivity contribution in [1.82, 2.24) is 9.61 Å². The molecule has 2 aromatic heterocycles. The number of hydrogen-bond acceptors (Lipinski definition) is 2. The van der Waals surface area contributed by atoms with Crippen LogP contribution in [-0.4, -0.2) is 20.8 Å². The number of carboxylic acid groups (broad SMARTS) is 1. The summed E-state index contributed by atoms with van der Waals surface area (Å²) in [4.78, 5) is 10.6. The largest absolute Gasteiger partial charge is 0.465 e. The van der Waals surface area contributed by atoms with E-state index in [-0.39, 0.29) is 0 Å². The zero-order valence-corrected chi connectivity index (χ0v) is 8.27. The van der Waals surface area contributed by atoms with Crippen LogP contribution in [0.25, 0.3) is 5.52 Å². The molecule has 0 fully saturated rings. The van der Waals surface area contributed by atoms with Gasteiger partial charge in [0.1, 0.15) is 0 Å². The summed E-state index contributed by atoms with van der Waals surface area (Å²) in [6, 6.07) is 5.53. The van der Waals surface area contributed by atoms with Gasteiger partial charge >= 0.3 is 6.09 Å². The Bertz CT molecular complexity index is 504.